The first-order valence-electron chi connectivity index (χ1n) is 12.2. The van der Waals surface area contributed by atoms with Crippen molar-refractivity contribution in [2.24, 2.45) is 0 Å². The Morgan fingerprint density at radius 1 is 1.00 bits per heavy atom. The number of carbonyl (C=O) groups excluding carboxylic acids is 1. The van der Waals surface area contributed by atoms with Crippen LogP contribution in [0.2, 0.25) is 5.02 Å². The van der Waals surface area contributed by atoms with Crippen molar-refractivity contribution in [2.45, 2.75) is 13.1 Å². The minimum Gasteiger partial charge on any atom is -0.383 e. The van der Waals surface area contributed by atoms with Gasteiger partial charge in [-0.1, -0.05) is 66.2 Å². The third-order valence-corrected chi connectivity index (χ3v) is 6.79. The minimum atomic E-state index is -0.0360. The molecule has 0 saturated carbocycles. The molecule has 0 unspecified atom stereocenters. The third kappa shape index (κ3) is 5.45. The second-order valence-electron chi connectivity index (χ2n) is 9.15. The van der Waals surface area contributed by atoms with Crippen LogP contribution in [0.3, 0.4) is 0 Å². The summed E-state index contributed by atoms with van der Waals surface area (Å²) in [6, 6.07) is 22.3. The summed E-state index contributed by atoms with van der Waals surface area (Å²) in [6.07, 6.45) is 7.71. The number of imidazole rings is 1. The van der Waals surface area contributed by atoms with Crippen LogP contribution in [0.5, 0.6) is 0 Å². The van der Waals surface area contributed by atoms with E-state index >= 15 is 0 Å². The van der Waals surface area contributed by atoms with Crippen molar-refractivity contribution in [2.75, 3.05) is 27.3 Å². The maximum atomic E-state index is 13.6. The van der Waals surface area contributed by atoms with Crippen molar-refractivity contribution in [3.05, 3.63) is 113 Å². The van der Waals surface area contributed by atoms with Crippen molar-refractivity contribution in [1.82, 2.24) is 19.0 Å². The molecule has 0 radical (unpaired) electrons. The molecule has 0 saturated heterocycles. The van der Waals surface area contributed by atoms with Gasteiger partial charge in [0, 0.05) is 56.4 Å². The molecule has 7 heteroatoms. The molecular formula is C30H29ClN4O2. The number of nitrogens with zero attached hydrogens (tertiary/aromatic N) is 4. The standard InChI is InChI=1S/C30H29ClN4O2/c1-33(13-14-37-2)30(36)29-20-34(19-28(29)27-12-6-9-23-8-3-4-11-26(23)27)18-25-16-32-21-35(25)17-22-7-5-10-24(31)15-22/h3-12,15-16,19-21H,13-14,17-18H2,1-2H3. The van der Waals surface area contributed by atoms with E-state index in [1.165, 1.54) is 0 Å². The molecule has 3 aromatic carbocycles. The number of benzene rings is 3. The zero-order valence-electron chi connectivity index (χ0n) is 21.0. The van der Waals surface area contributed by atoms with Crippen molar-refractivity contribution in [1.29, 1.82) is 0 Å². The normalized spacial score (nSPS) is 11.2. The maximum Gasteiger partial charge on any atom is 0.255 e. The molecule has 0 aliphatic heterocycles. The van der Waals surface area contributed by atoms with Gasteiger partial charge >= 0.3 is 0 Å². The quantitative estimate of drug-likeness (QED) is 0.244. The molecular weight excluding hydrogens is 484 g/mol. The average molecular weight is 513 g/mol. The monoisotopic (exact) mass is 512 g/mol. The van der Waals surface area contributed by atoms with Crippen molar-refractivity contribution in [3.8, 4) is 11.1 Å². The van der Waals surface area contributed by atoms with E-state index in [4.69, 9.17) is 16.3 Å². The molecule has 0 aliphatic carbocycles. The second-order valence-corrected chi connectivity index (χ2v) is 9.58. The van der Waals surface area contributed by atoms with Crippen LogP contribution in [0.25, 0.3) is 21.9 Å². The van der Waals surface area contributed by atoms with Gasteiger partial charge in [-0.3, -0.25) is 4.79 Å². The second kappa shape index (κ2) is 11.0. The Hall–Kier alpha value is -3.87. The SMILES string of the molecule is COCCN(C)C(=O)c1cn(Cc2cncn2Cc2cccc(Cl)c2)cc1-c1cccc2ccccc12. The summed E-state index contributed by atoms with van der Waals surface area (Å²) in [6.45, 7) is 2.24. The Morgan fingerprint density at radius 3 is 2.65 bits per heavy atom. The van der Waals surface area contributed by atoms with E-state index in [-0.39, 0.29) is 5.91 Å². The lowest BCUT2D eigenvalue weighted by molar-refractivity contribution is 0.0745. The highest BCUT2D eigenvalue weighted by molar-refractivity contribution is 6.30. The smallest absolute Gasteiger partial charge is 0.255 e. The minimum absolute atomic E-state index is 0.0360. The van der Waals surface area contributed by atoms with Crippen LogP contribution in [0.15, 0.2) is 91.6 Å². The number of hydrogen-bond donors (Lipinski definition) is 0. The van der Waals surface area contributed by atoms with Gasteiger partial charge in [-0.25, -0.2) is 4.98 Å². The molecule has 0 N–H and O–H groups in total. The van der Waals surface area contributed by atoms with Crippen molar-refractivity contribution >= 4 is 28.3 Å². The van der Waals surface area contributed by atoms with Crippen LogP contribution in [0.4, 0.5) is 0 Å². The zero-order chi connectivity index (χ0) is 25.8. The Bertz CT molecular complexity index is 1530. The summed E-state index contributed by atoms with van der Waals surface area (Å²) in [5, 5.41) is 2.96. The van der Waals surface area contributed by atoms with Gasteiger partial charge in [0.1, 0.15) is 0 Å². The predicted molar refractivity (Wildman–Crippen MR) is 148 cm³/mol. The van der Waals surface area contributed by atoms with E-state index in [2.05, 4.69) is 50.6 Å². The van der Waals surface area contributed by atoms with Gasteiger partial charge in [-0.2, -0.15) is 0 Å². The molecule has 2 aromatic heterocycles. The summed E-state index contributed by atoms with van der Waals surface area (Å²) in [4.78, 5) is 19.7. The Balaban J connectivity index is 1.52. The first-order valence-corrected chi connectivity index (χ1v) is 12.6. The fraction of sp³-hybridized carbons (Fsp3) is 0.200. The van der Waals surface area contributed by atoms with Gasteiger partial charge < -0.3 is 18.8 Å². The molecule has 2 heterocycles. The summed E-state index contributed by atoms with van der Waals surface area (Å²) < 4.78 is 9.37. The van der Waals surface area contributed by atoms with Crippen LogP contribution < -0.4 is 0 Å². The molecule has 37 heavy (non-hydrogen) atoms. The lowest BCUT2D eigenvalue weighted by Crippen LogP contribution is -2.30. The number of likely N-dealkylation sites (N-methyl/N-ethyl adjacent to an activating group) is 1. The number of ether oxygens (including phenoxy) is 1. The van der Waals surface area contributed by atoms with Gasteiger partial charge in [0.15, 0.2) is 0 Å². The summed E-state index contributed by atoms with van der Waals surface area (Å²) >= 11 is 6.19. The van der Waals surface area contributed by atoms with Crippen LogP contribution in [0, 0.1) is 0 Å². The molecule has 0 bridgehead atoms. The summed E-state index contributed by atoms with van der Waals surface area (Å²) in [5.41, 5.74) is 4.74. The van der Waals surface area contributed by atoms with Gasteiger partial charge in [0.25, 0.3) is 5.91 Å². The topological polar surface area (TPSA) is 52.3 Å². The Morgan fingerprint density at radius 2 is 1.81 bits per heavy atom. The maximum absolute atomic E-state index is 13.6. The third-order valence-electron chi connectivity index (χ3n) is 6.55. The number of methoxy groups -OCH3 is 1. The summed E-state index contributed by atoms with van der Waals surface area (Å²) in [5.74, 6) is -0.0360. The Kier molecular flexibility index (Phi) is 7.40. The molecule has 6 nitrogen and oxygen atoms in total. The van der Waals surface area contributed by atoms with E-state index in [9.17, 15) is 4.79 Å². The highest BCUT2D eigenvalue weighted by Gasteiger charge is 2.21. The largest absolute Gasteiger partial charge is 0.383 e. The Labute approximate surface area is 221 Å². The lowest BCUT2D eigenvalue weighted by Gasteiger charge is -2.17. The van der Waals surface area contributed by atoms with Gasteiger partial charge in [-0.05, 0) is 34.0 Å². The fourth-order valence-corrected chi connectivity index (χ4v) is 4.83. The molecule has 5 aromatic rings. The lowest BCUT2D eigenvalue weighted by atomic mass is 9.97. The molecule has 1 amide bonds. The number of hydrogen-bond acceptors (Lipinski definition) is 3. The van der Waals surface area contributed by atoms with Gasteiger partial charge in [0.05, 0.1) is 30.7 Å². The number of fused-ring (bicyclic) bond motifs is 1. The molecule has 0 atom stereocenters. The summed E-state index contributed by atoms with van der Waals surface area (Å²) in [7, 11) is 3.45. The number of halogens is 1. The fourth-order valence-electron chi connectivity index (χ4n) is 4.62. The number of carbonyl (C=O) groups is 1. The number of rotatable bonds is 9. The van der Waals surface area contributed by atoms with Crippen LogP contribution in [-0.4, -0.2) is 52.2 Å². The van der Waals surface area contributed by atoms with Gasteiger partial charge in [0.2, 0.25) is 0 Å². The molecule has 0 spiro atoms. The first kappa shape index (κ1) is 24.8. The van der Waals surface area contributed by atoms with Gasteiger partial charge in [-0.15, -0.1) is 0 Å². The predicted octanol–water partition coefficient (Wildman–Crippen LogP) is 5.97. The van der Waals surface area contributed by atoms with E-state index in [0.29, 0.717) is 36.8 Å². The van der Waals surface area contributed by atoms with E-state index in [0.717, 1.165) is 33.2 Å². The molecule has 0 aliphatic rings. The zero-order valence-corrected chi connectivity index (χ0v) is 21.7. The van der Waals surface area contributed by atoms with E-state index in [1.807, 2.05) is 62.2 Å². The van der Waals surface area contributed by atoms with E-state index < -0.39 is 0 Å². The highest BCUT2D eigenvalue weighted by atomic mass is 35.5. The van der Waals surface area contributed by atoms with Crippen molar-refractivity contribution < 1.29 is 9.53 Å². The van der Waals surface area contributed by atoms with Crippen LogP contribution in [0.1, 0.15) is 21.6 Å². The molecule has 5 rings (SSSR count). The first-order chi connectivity index (χ1) is 18.0. The van der Waals surface area contributed by atoms with Crippen LogP contribution >= 0.6 is 11.6 Å². The number of aromatic nitrogens is 3. The average Bonchev–Trinajstić information content (AvgIpc) is 3.53. The number of amides is 1. The highest BCUT2D eigenvalue weighted by Crippen LogP contribution is 2.32. The van der Waals surface area contributed by atoms with E-state index in [1.54, 1.807) is 12.0 Å². The molecule has 188 valence electrons. The van der Waals surface area contributed by atoms with Crippen LogP contribution in [-0.2, 0) is 17.8 Å². The molecule has 0 fully saturated rings. The van der Waals surface area contributed by atoms with Crippen molar-refractivity contribution in [3.63, 3.8) is 0 Å².